The number of aliphatic imine (C=N–C) groups is 1. The lowest BCUT2D eigenvalue weighted by Gasteiger charge is -2.37. The third kappa shape index (κ3) is 2.59. The van der Waals surface area contributed by atoms with Crippen LogP contribution in [0, 0.1) is 0 Å². The molecule has 0 atom stereocenters. The van der Waals surface area contributed by atoms with Crippen LogP contribution in [0.4, 0.5) is 0 Å². The molecule has 0 saturated carbocycles. The topological polar surface area (TPSA) is 12.4 Å². The largest absolute Gasteiger partial charge is 0.273 e. The third-order valence-corrected chi connectivity index (χ3v) is 5.55. The fourth-order valence-electron chi connectivity index (χ4n) is 4.16. The predicted molar refractivity (Wildman–Crippen MR) is 110 cm³/mol. The number of fused-ring (bicyclic) bond motifs is 2. The van der Waals surface area contributed by atoms with Gasteiger partial charge in [0.2, 0.25) is 0 Å². The van der Waals surface area contributed by atoms with Gasteiger partial charge in [0.05, 0.1) is 11.3 Å². The van der Waals surface area contributed by atoms with E-state index in [0.717, 1.165) is 5.71 Å². The van der Waals surface area contributed by atoms with Gasteiger partial charge >= 0.3 is 0 Å². The Kier molecular flexibility index (Phi) is 3.84. The van der Waals surface area contributed by atoms with E-state index in [9.17, 15) is 0 Å². The van der Waals surface area contributed by atoms with Crippen molar-refractivity contribution in [3.8, 4) is 0 Å². The van der Waals surface area contributed by atoms with E-state index < -0.39 is 0 Å². The summed E-state index contributed by atoms with van der Waals surface area (Å²) in [5.74, 6) is 0. The molecule has 1 nitrogen and oxygen atoms in total. The first-order valence-corrected chi connectivity index (χ1v) is 9.26. The summed E-state index contributed by atoms with van der Waals surface area (Å²) in [5.41, 5.74) is 7.06. The van der Waals surface area contributed by atoms with Crippen molar-refractivity contribution < 1.29 is 0 Å². The lowest BCUT2D eigenvalue weighted by molar-refractivity contribution is 0.522. The van der Waals surface area contributed by atoms with Gasteiger partial charge in [-0.3, -0.25) is 4.99 Å². The van der Waals surface area contributed by atoms with Crippen molar-refractivity contribution in [3.63, 3.8) is 0 Å². The second-order valence-electron chi connectivity index (χ2n) is 8.10. The van der Waals surface area contributed by atoms with Crippen LogP contribution in [0.5, 0.6) is 0 Å². The molecule has 1 aliphatic heterocycles. The van der Waals surface area contributed by atoms with Gasteiger partial charge in [-0.25, -0.2) is 0 Å². The second-order valence-corrected chi connectivity index (χ2v) is 8.10. The maximum absolute atomic E-state index is 5.30. The molecule has 0 aliphatic carbocycles. The number of rotatable bonds is 1. The number of nitrogens with zero attached hydrogens (tertiary/aromatic N) is 1. The Balaban J connectivity index is 2.12. The van der Waals surface area contributed by atoms with Gasteiger partial charge in [0.15, 0.2) is 0 Å². The van der Waals surface area contributed by atoms with Gasteiger partial charge in [0.1, 0.15) is 0 Å². The molecule has 0 bridgehead atoms. The minimum Gasteiger partial charge on any atom is -0.273 e. The maximum atomic E-state index is 5.30. The first kappa shape index (κ1) is 16.8. The van der Waals surface area contributed by atoms with Crippen molar-refractivity contribution in [1.29, 1.82) is 0 Å². The Bertz CT molecular complexity index is 978. The zero-order valence-corrected chi connectivity index (χ0v) is 16.0. The second kappa shape index (κ2) is 5.95. The average molecular weight is 339 g/mol. The first-order chi connectivity index (χ1) is 12.4. The van der Waals surface area contributed by atoms with Gasteiger partial charge in [-0.2, -0.15) is 0 Å². The molecule has 0 radical (unpaired) electrons. The predicted octanol–water partition coefficient (Wildman–Crippen LogP) is 6.10. The van der Waals surface area contributed by atoms with E-state index in [-0.39, 0.29) is 11.0 Å². The lowest BCUT2D eigenvalue weighted by Crippen LogP contribution is -2.31. The fourth-order valence-corrected chi connectivity index (χ4v) is 4.16. The Morgan fingerprint density at radius 3 is 1.81 bits per heavy atom. The van der Waals surface area contributed by atoms with Gasteiger partial charge in [-0.15, -0.1) is 0 Å². The summed E-state index contributed by atoms with van der Waals surface area (Å²) in [5, 5.41) is 0. The summed E-state index contributed by atoms with van der Waals surface area (Å²) in [7, 11) is 0. The van der Waals surface area contributed by atoms with E-state index in [0.29, 0.717) is 0 Å². The van der Waals surface area contributed by atoms with Crippen LogP contribution in [-0.2, 0) is 11.0 Å². The molecule has 130 valence electrons. The zero-order chi connectivity index (χ0) is 18.4. The molecule has 26 heavy (non-hydrogen) atoms. The molecule has 0 unspecified atom stereocenters. The van der Waals surface area contributed by atoms with Gasteiger partial charge < -0.3 is 0 Å². The van der Waals surface area contributed by atoms with Crippen LogP contribution in [0.1, 0.15) is 55.5 Å². The summed E-state index contributed by atoms with van der Waals surface area (Å²) < 4.78 is 0. The normalized spacial score (nSPS) is 17.3. The Morgan fingerprint density at radius 1 is 0.577 bits per heavy atom. The Hall–Kier alpha value is -2.67. The van der Waals surface area contributed by atoms with Crippen LogP contribution in [0.15, 0.2) is 83.9 Å². The van der Waals surface area contributed by atoms with Crippen molar-refractivity contribution in [3.05, 3.63) is 107 Å². The highest BCUT2D eigenvalue weighted by Gasteiger charge is 2.36. The summed E-state index contributed by atoms with van der Waals surface area (Å²) >= 11 is 0. The Labute approximate surface area is 156 Å². The van der Waals surface area contributed by atoms with E-state index >= 15 is 0 Å². The SMILES string of the molecule is CC1(C)N=C(c2ccccc2)c2ccccc2C(C)(C)c2ccccc21. The minimum absolute atomic E-state index is 0.0968. The van der Waals surface area contributed by atoms with E-state index in [4.69, 9.17) is 4.99 Å². The van der Waals surface area contributed by atoms with Crippen LogP contribution in [0.2, 0.25) is 0 Å². The highest BCUT2D eigenvalue weighted by Crippen LogP contribution is 2.43. The van der Waals surface area contributed by atoms with Crippen molar-refractivity contribution in [2.45, 2.75) is 38.6 Å². The molecule has 0 aromatic heterocycles. The zero-order valence-electron chi connectivity index (χ0n) is 16.0. The van der Waals surface area contributed by atoms with Gasteiger partial charge in [0.25, 0.3) is 0 Å². The number of hydrogen-bond donors (Lipinski definition) is 0. The Morgan fingerprint density at radius 2 is 1.12 bits per heavy atom. The molecule has 1 heterocycles. The van der Waals surface area contributed by atoms with E-state index in [1.165, 1.54) is 27.8 Å². The van der Waals surface area contributed by atoms with Crippen LogP contribution >= 0.6 is 0 Å². The van der Waals surface area contributed by atoms with Gasteiger partial charge in [-0.05, 0) is 30.5 Å². The van der Waals surface area contributed by atoms with Crippen molar-refractivity contribution in [2.75, 3.05) is 0 Å². The molecule has 0 N–H and O–H groups in total. The van der Waals surface area contributed by atoms with Gasteiger partial charge in [-0.1, -0.05) is 92.7 Å². The van der Waals surface area contributed by atoms with Gasteiger partial charge in [0, 0.05) is 16.5 Å². The van der Waals surface area contributed by atoms with Crippen LogP contribution in [0.3, 0.4) is 0 Å². The molecule has 0 fully saturated rings. The number of benzene rings is 3. The molecular weight excluding hydrogens is 314 g/mol. The quantitative estimate of drug-likeness (QED) is 0.508. The average Bonchev–Trinajstić information content (AvgIpc) is 2.66. The standard InChI is InChI=1S/C25H25N/c1-24(2)20-15-9-8-14-19(20)23(18-12-6-5-7-13-18)26-25(3,4)22-17-11-10-16-21(22)24/h5-17H,1-4H3. The van der Waals surface area contributed by atoms with E-state index in [1.807, 2.05) is 0 Å². The first-order valence-electron chi connectivity index (χ1n) is 9.26. The fraction of sp³-hybridized carbons (Fsp3) is 0.240. The molecular formula is C25H25N. The minimum atomic E-state index is -0.299. The highest BCUT2D eigenvalue weighted by molar-refractivity contribution is 6.14. The van der Waals surface area contributed by atoms with Crippen molar-refractivity contribution >= 4 is 5.71 Å². The monoisotopic (exact) mass is 339 g/mol. The summed E-state index contributed by atoms with van der Waals surface area (Å²) in [6, 6.07) is 28.0. The molecule has 1 aliphatic rings. The summed E-state index contributed by atoms with van der Waals surface area (Å²) in [6.07, 6.45) is 0. The van der Waals surface area contributed by atoms with E-state index in [1.54, 1.807) is 0 Å². The smallest absolute Gasteiger partial charge is 0.0811 e. The third-order valence-electron chi connectivity index (χ3n) is 5.55. The molecule has 0 amide bonds. The maximum Gasteiger partial charge on any atom is 0.0811 e. The number of hydrogen-bond acceptors (Lipinski definition) is 1. The summed E-state index contributed by atoms with van der Waals surface area (Å²) in [4.78, 5) is 5.30. The molecule has 4 rings (SSSR count). The van der Waals surface area contributed by atoms with E-state index in [2.05, 4.69) is 107 Å². The van der Waals surface area contributed by atoms with Crippen molar-refractivity contribution in [1.82, 2.24) is 0 Å². The molecule has 0 spiro atoms. The molecule has 0 saturated heterocycles. The molecule has 1 heteroatoms. The van der Waals surface area contributed by atoms with Crippen LogP contribution in [0.25, 0.3) is 0 Å². The molecule has 3 aromatic carbocycles. The molecule has 3 aromatic rings. The van der Waals surface area contributed by atoms with Crippen molar-refractivity contribution in [2.24, 2.45) is 4.99 Å². The van der Waals surface area contributed by atoms with Crippen LogP contribution < -0.4 is 0 Å². The van der Waals surface area contributed by atoms with Crippen LogP contribution in [-0.4, -0.2) is 5.71 Å². The summed E-state index contributed by atoms with van der Waals surface area (Å²) in [6.45, 7) is 9.10. The highest BCUT2D eigenvalue weighted by atomic mass is 14.9. The lowest BCUT2D eigenvalue weighted by atomic mass is 9.69.